The van der Waals surface area contributed by atoms with Gasteiger partial charge in [0.15, 0.2) is 0 Å². The zero-order valence-corrected chi connectivity index (χ0v) is 31.7. The lowest BCUT2D eigenvalue weighted by atomic mass is 9.32. The number of ketones is 1. The van der Waals surface area contributed by atoms with E-state index in [1.165, 1.54) is 109 Å². The van der Waals surface area contributed by atoms with E-state index >= 15 is 0 Å². The number of fused-ring (bicyclic) bond motifs is 7. The fourth-order valence-corrected chi connectivity index (χ4v) is 15.3. The number of likely N-dealkylation sites (N-methyl/N-ethyl adjacent to an activating group) is 1. The Labute approximate surface area is 289 Å². The Morgan fingerprint density at radius 1 is 0.766 bits per heavy atom. The van der Waals surface area contributed by atoms with Crippen LogP contribution in [0.4, 0.5) is 0 Å². The van der Waals surface area contributed by atoms with Gasteiger partial charge in [-0.15, -0.1) is 0 Å². The van der Waals surface area contributed by atoms with Crippen molar-refractivity contribution in [2.45, 2.75) is 144 Å². The van der Waals surface area contributed by atoms with Crippen molar-refractivity contribution in [1.29, 1.82) is 0 Å². The van der Waals surface area contributed by atoms with Crippen LogP contribution in [0.3, 0.4) is 0 Å². The molecule has 12 atom stereocenters. The number of carbonyl (C=O) groups excluding carboxylic acids is 1. The van der Waals surface area contributed by atoms with E-state index in [9.17, 15) is 9.90 Å². The Balaban J connectivity index is 1.09. The third kappa shape index (κ3) is 5.24. The number of carbonyl (C=O) groups is 1. The Morgan fingerprint density at radius 3 is 2.17 bits per heavy atom. The van der Waals surface area contributed by atoms with Gasteiger partial charge < -0.3 is 14.9 Å². The van der Waals surface area contributed by atoms with Gasteiger partial charge in [-0.05, 0) is 160 Å². The predicted molar refractivity (Wildman–Crippen MR) is 194 cm³/mol. The van der Waals surface area contributed by atoms with Crippen molar-refractivity contribution in [3.63, 3.8) is 0 Å². The first kappa shape index (κ1) is 34.7. The number of piperazine rings is 1. The largest absolute Gasteiger partial charge is 0.393 e. The van der Waals surface area contributed by atoms with Gasteiger partial charge >= 0.3 is 0 Å². The number of aliphatic hydroxyl groups is 1. The summed E-state index contributed by atoms with van der Waals surface area (Å²) in [7, 11) is 0. The molecule has 0 bridgehead atoms. The Hall–Kier alpha value is -0.710. The molecule has 1 N–H and O–H groups in total. The van der Waals surface area contributed by atoms with E-state index in [-0.39, 0.29) is 22.3 Å². The van der Waals surface area contributed by atoms with Gasteiger partial charge in [0, 0.05) is 44.6 Å². The molecule has 7 fully saturated rings. The second-order valence-electron chi connectivity index (χ2n) is 20.1. The molecule has 0 spiro atoms. The first-order valence-electron chi connectivity index (χ1n) is 20.5. The average Bonchev–Trinajstić information content (AvgIpc) is 3.65. The second-order valence-corrected chi connectivity index (χ2v) is 20.1. The molecule has 7 aliphatic rings. The van der Waals surface area contributed by atoms with E-state index in [1.807, 2.05) is 0 Å². The summed E-state index contributed by atoms with van der Waals surface area (Å²) in [5.41, 5.74) is 2.13. The molecule has 266 valence electrons. The van der Waals surface area contributed by atoms with Gasteiger partial charge in [-0.1, -0.05) is 53.7 Å². The van der Waals surface area contributed by atoms with Gasteiger partial charge in [0.1, 0.15) is 5.78 Å². The van der Waals surface area contributed by atoms with Crippen molar-refractivity contribution in [2.75, 3.05) is 39.3 Å². The van der Waals surface area contributed by atoms with E-state index < -0.39 is 0 Å². The highest BCUT2D eigenvalue weighted by molar-refractivity contribution is 5.86. The van der Waals surface area contributed by atoms with Gasteiger partial charge in [0.05, 0.1) is 6.10 Å². The van der Waals surface area contributed by atoms with Crippen LogP contribution in [0.1, 0.15) is 138 Å². The highest BCUT2D eigenvalue weighted by Crippen LogP contribution is 2.77. The Morgan fingerprint density at radius 2 is 1.47 bits per heavy atom. The number of hydrogen-bond donors (Lipinski definition) is 1. The summed E-state index contributed by atoms with van der Waals surface area (Å²) in [6.07, 6.45) is 16.5. The number of aliphatic hydroxyl groups excluding tert-OH is 1. The highest BCUT2D eigenvalue weighted by Gasteiger charge is 2.71. The maximum absolute atomic E-state index is 14.9. The summed E-state index contributed by atoms with van der Waals surface area (Å²) in [6, 6.07) is 0. The van der Waals surface area contributed by atoms with Gasteiger partial charge in [0.25, 0.3) is 0 Å². The summed E-state index contributed by atoms with van der Waals surface area (Å²) in [6.45, 7) is 29.3. The maximum atomic E-state index is 14.9. The third-order valence-corrected chi connectivity index (χ3v) is 18.2. The summed E-state index contributed by atoms with van der Waals surface area (Å²) < 4.78 is 0. The fraction of sp³-hybridized carbons (Fsp3) is 0.930. The van der Waals surface area contributed by atoms with Crippen LogP contribution in [0.2, 0.25) is 0 Å². The smallest absolute Gasteiger partial charge is 0.139 e. The zero-order valence-electron chi connectivity index (χ0n) is 31.7. The molecular formula is C43H72N2O2. The maximum Gasteiger partial charge on any atom is 0.139 e. The van der Waals surface area contributed by atoms with Crippen molar-refractivity contribution in [1.82, 2.24) is 9.80 Å². The molecule has 6 saturated carbocycles. The van der Waals surface area contributed by atoms with E-state index in [4.69, 9.17) is 0 Å². The predicted octanol–water partition coefficient (Wildman–Crippen LogP) is 9.02. The number of nitrogens with zero attached hydrogens (tertiary/aromatic N) is 2. The number of hydrogen-bond acceptors (Lipinski definition) is 4. The van der Waals surface area contributed by atoms with Crippen molar-refractivity contribution < 1.29 is 9.90 Å². The minimum Gasteiger partial charge on any atom is -0.393 e. The van der Waals surface area contributed by atoms with E-state index in [2.05, 4.69) is 64.8 Å². The number of rotatable bonds is 7. The number of allylic oxidation sites excluding steroid dienone is 1. The molecule has 1 heterocycles. The summed E-state index contributed by atoms with van der Waals surface area (Å²) in [5, 5.41) is 11.1. The summed E-state index contributed by atoms with van der Waals surface area (Å²) in [5.74, 6) is 5.01. The van der Waals surface area contributed by atoms with Crippen molar-refractivity contribution in [2.24, 2.45) is 68.5 Å². The molecule has 0 aromatic carbocycles. The Bertz CT molecular complexity index is 1200. The SMILES string of the molecule is C=C(C)[C@@H]1CC[C@]2(C(=O)C[C@@H]3CCC(CN4CCN(CC)CC4)C3)CC[C@]3(C)[C@H](CC[C@@H]4[C@@]5(C)CC[C@H](O)C(C)(C)[C@@H]5CC[C@]43C)[C@@H]12. The van der Waals surface area contributed by atoms with Crippen LogP contribution >= 0.6 is 0 Å². The van der Waals surface area contributed by atoms with Crippen LogP contribution in [0.5, 0.6) is 0 Å². The van der Waals surface area contributed by atoms with Crippen LogP contribution in [0, 0.1) is 68.5 Å². The molecule has 7 rings (SSSR count). The molecule has 0 aromatic rings. The average molecular weight is 649 g/mol. The monoisotopic (exact) mass is 649 g/mol. The lowest BCUT2D eigenvalue weighted by Crippen LogP contribution is -2.67. The fourth-order valence-electron chi connectivity index (χ4n) is 15.3. The molecular weight excluding hydrogens is 576 g/mol. The zero-order chi connectivity index (χ0) is 33.6. The van der Waals surface area contributed by atoms with Crippen molar-refractivity contribution in [3.8, 4) is 0 Å². The molecule has 0 amide bonds. The first-order chi connectivity index (χ1) is 22.2. The van der Waals surface area contributed by atoms with Gasteiger partial charge in [-0.25, -0.2) is 0 Å². The van der Waals surface area contributed by atoms with Crippen LogP contribution < -0.4 is 0 Å². The van der Waals surface area contributed by atoms with Gasteiger partial charge in [-0.2, -0.15) is 0 Å². The van der Waals surface area contributed by atoms with Crippen LogP contribution in [-0.4, -0.2) is 66.1 Å². The van der Waals surface area contributed by atoms with Crippen LogP contribution in [0.15, 0.2) is 12.2 Å². The Kier molecular flexibility index (Phi) is 9.02. The van der Waals surface area contributed by atoms with Crippen LogP contribution in [0.25, 0.3) is 0 Å². The third-order valence-electron chi connectivity index (χ3n) is 18.2. The second kappa shape index (κ2) is 12.2. The normalized spacial score (nSPS) is 49.9. The lowest BCUT2D eigenvalue weighted by molar-refractivity contribution is -0.246. The molecule has 6 aliphatic carbocycles. The minimum absolute atomic E-state index is 0.00000632. The van der Waals surface area contributed by atoms with E-state index in [0.717, 1.165) is 37.5 Å². The van der Waals surface area contributed by atoms with Crippen LogP contribution in [-0.2, 0) is 4.79 Å². The van der Waals surface area contributed by atoms with E-state index in [0.29, 0.717) is 46.2 Å². The van der Waals surface area contributed by atoms with E-state index in [1.54, 1.807) is 0 Å². The lowest BCUT2D eigenvalue weighted by Gasteiger charge is -2.73. The van der Waals surface area contributed by atoms with Gasteiger partial charge in [0.2, 0.25) is 0 Å². The summed E-state index contributed by atoms with van der Waals surface area (Å²) in [4.78, 5) is 20.2. The molecule has 4 nitrogen and oxygen atoms in total. The molecule has 0 aromatic heterocycles. The highest BCUT2D eigenvalue weighted by atomic mass is 16.3. The quantitative estimate of drug-likeness (QED) is 0.280. The molecule has 1 saturated heterocycles. The molecule has 0 radical (unpaired) electrons. The summed E-state index contributed by atoms with van der Waals surface area (Å²) >= 11 is 0. The molecule has 47 heavy (non-hydrogen) atoms. The topological polar surface area (TPSA) is 43.8 Å². The number of Topliss-reactive ketones (excluding diaryl/α,β-unsaturated/α-hetero) is 1. The van der Waals surface area contributed by atoms with Crippen molar-refractivity contribution in [3.05, 3.63) is 12.2 Å². The molecule has 1 unspecified atom stereocenters. The standard InChI is InChI=1S/C43H72N2O2/c1-9-44-22-24-45(25-23-44)28-31-11-10-30(26-31)27-37(47)43-19-14-32(29(2)3)38(43)33-12-13-35-40(6)17-16-36(46)39(4,5)34(40)15-18-42(35,8)41(33,7)20-21-43/h30-36,38,46H,2,9-28H2,1,3-8H3/t30-,31?,32+,33-,34+,35-,36+,38-,40+,41-,42-,43-/m1/s1. The van der Waals surface area contributed by atoms with Gasteiger partial charge in [-0.3, -0.25) is 4.79 Å². The minimum atomic E-state index is -0.167. The first-order valence-corrected chi connectivity index (χ1v) is 20.5. The molecule has 1 aliphatic heterocycles. The molecule has 4 heteroatoms. The van der Waals surface area contributed by atoms with Crippen molar-refractivity contribution >= 4 is 5.78 Å².